The highest BCUT2D eigenvalue weighted by molar-refractivity contribution is 6.34. The summed E-state index contributed by atoms with van der Waals surface area (Å²) in [4.78, 5) is 22.0. The van der Waals surface area contributed by atoms with Crippen LogP contribution in [0.5, 0.6) is 0 Å². The van der Waals surface area contributed by atoms with E-state index in [0.717, 1.165) is 0 Å². The van der Waals surface area contributed by atoms with Crippen molar-refractivity contribution in [1.82, 2.24) is 0 Å². The average molecular weight is 197 g/mol. The maximum absolute atomic E-state index is 11.0. The van der Waals surface area contributed by atoms with Crippen molar-refractivity contribution in [2.45, 2.75) is 13.8 Å². The van der Waals surface area contributed by atoms with Gasteiger partial charge in [0, 0.05) is 11.1 Å². The van der Waals surface area contributed by atoms with Gasteiger partial charge in [0.05, 0.1) is 5.02 Å². The van der Waals surface area contributed by atoms with Gasteiger partial charge in [-0.15, -0.1) is 0 Å². The van der Waals surface area contributed by atoms with E-state index in [4.69, 9.17) is 11.6 Å². The molecular formula is C10H9ClO2. The second-order valence-electron chi connectivity index (χ2n) is 2.81. The van der Waals surface area contributed by atoms with E-state index in [0.29, 0.717) is 16.1 Å². The molecule has 0 N–H and O–H groups in total. The first kappa shape index (κ1) is 9.93. The van der Waals surface area contributed by atoms with Crippen LogP contribution < -0.4 is 0 Å². The summed E-state index contributed by atoms with van der Waals surface area (Å²) in [5.74, 6) is -0.202. The van der Waals surface area contributed by atoms with E-state index in [1.165, 1.54) is 19.9 Å². The van der Waals surface area contributed by atoms with E-state index in [1.54, 1.807) is 12.1 Å². The van der Waals surface area contributed by atoms with Crippen molar-refractivity contribution in [1.29, 1.82) is 0 Å². The molecule has 0 fully saturated rings. The van der Waals surface area contributed by atoms with Gasteiger partial charge in [0.15, 0.2) is 11.6 Å². The monoisotopic (exact) mass is 196 g/mol. The lowest BCUT2D eigenvalue weighted by Crippen LogP contribution is -1.98. The van der Waals surface area contributed by atoms with Crippen molar-refractivity contribution < 1.29 is 9.59 Å². The summed E-state index contributed by atoms with van der Waals surface area (Å²) < 4.78 is 0. The van der Waals surface area contributed by atoms with Gasteiger partial charge in [0.25, 0.3) is 0 Å². The standard InChI is InChI=1S/C10H9ClO2/c1-6(12)8-3-4-10(11)9(5-8)7(2)13/h3-5H,1-2H3. The Morgan fingerprint density at radius 2 is 1.77 bits per heavy atom. The molecule has 0 aliphatic rings. The summed E-state index contributed by atoms with van der Waals surface area (Å²) in [7, 11) is 0. The van der Waals surface area contributed by atoms with E-state index in [2.05, 4.69) is 0 Å². The fraction of sp³-hybridized carbons (Fsp3) is 0.200. The molecule has 0 radical (unpaired) electrons. The molecule has 0 aliphatic carbocycles. The molecule has 1 rings (SSSR count). The molecule has 0 spiro atoms. The van der Waals surface area contributed by atoms with E-state index >= 15 is 0 Å². The third kappa shape index (κ3) is 2.16. The van der Waals surface area contributed by atoms with Crippen molar-refractivity contribution in [3.63, 3.8) is 0 Å². The van der Waals surface area contributed by atoms with Crippen LogP contribution in [0, 0.1) is 0 Å². The number of carbonyl (C=O) groups excluding carboxylic acids is 2. The zero-order chi connectivity index (χ0) is 10.0. The summed E-state index contributed by atoms with van der Waals surface area (Å²) in [5, 5.41) is 0.387. The Morgan fingerprint density at radius 3 is 2.23 bits per heavy atom. The molecule has 0 heterocycles. The van der Waals surface area contributed by atoms with Crippen LogP contribution in [0.2, 0.25) is 5.02 Å². The molecule has 0 saturated heterocycles. The van der Waals surface area contributed by atoms with Crippen LogP contribution in [0.4, 0.5) is 0 Å². The van der Waals surface area contributed by atoms with Crippen molar-refractivity contribution in [2.75, 3.05) is 0 Å². The van der Waals surface area contributed by atoms with Crippen LogP contribution in [-0.2, 0) is 0 Å². The van der Waals surface area contributed by atoms with E-state index in [1.807, 2.05) is 0 Å². The van der Waals surface area contributed by atoms with Gasteiger partial charge in [0.2, 0.25) is 0 Å². The maximum atomic E-state index is 11.0. The van der Waals surface area contributed by atoms with Crippen LogP contribution in [0.1, 0.15) is 34.6 Å². The van der Waals surface area contributed by atoms with Gasteiger partial charge in [-0.05, 0) is 32.0 Å². The SMILES string of the molecule is CC(=O)c1ccc(Cl)c(C(C)=O)c1. The zero-order valence-corrected chi connectivity index (χ0v) is 8.18. The molecule has 0 saturated carbocycles. The molecule has 0 amide bonds. The third-order valence-electron chi connectivity index (χ3n) is 1.75. The Bertz CT molecular complexity index is 369. The number of benzene rings is 1. The lowest BCUT2D eigenvalue weighted by atomic mass is 10.1. The topological polar surface area (TPSA) is 34.1 Å². The highest BCUT2D eigenvalue weighted by Crippen LogP contribution is 2.18. The summed E-state index contributed by atoms with van der Waals surface area (Å²) in [6.07, 6.45) is 0. The minimum absolute atomic E-state index is 0.0702. The minimum Gasteiger partial charge on any atom is -0.295 e. The van der Waals surface area contributed by atoms with E-state index < -0.39 is 0 Å². The molecule has 68 valence electrons. The van der Waals surface area contributed by atoms with Crippen LogP contribution in [-0.4, -0.2) is 11.6 Å². The van der Waals surface area contributed by atoms with Crippen LogP contribution in [0.25, 0.3) is 0 Å². The Kier molecular flexibility index (Phi) is 2.83. The van der Waals surface area contributed by atoms with Crippen LogP contribution >= 0.6 is 11.6 Å². The summed E-state index contributed by atoms with van der Waals surface area (Å²) >= 11 is 5.76. The van der Waals surface area contributed by atoms with Gasteiger partial charge < -0.3 is 0 Å². The molecule has 1 aromatic carbocycles. The first-order chi connectivity index (χ1) is 6.02. The Labute approximate surface area is 81.5 Å². The van der Waals surface area contributed by atoms with Gasteiger partial charge in [-0.2, -0.15) is 0 Å². The van der Waals surface area contributed by atoms with Gasteiger partial charge in [-0.3, -0.25) is 9.59 Å². The molecular weight excluding hydrogens is 188 g/mol. The molecule has 13 heavy (non-hydrogen) atoms. The maximum Gasteiger partial charge on any atom is 0.161 e. The summed E-state index contributed by atoms with van der Waals surface area (Å²) in [5.41, 5.74) is 0.906. The molecule has 0 aliphatic heterocycles. The minimum atomic E-state index is -0.131. The number of hydrogen-bond donors (Lipinski definition) is 0. The second kappa shape index (κ2) is 3.71. The quantitative estimate of drug-likeness (QED) is 0.682. The largest absolute Gasteiger partial charge is 0.295 e. The van der Waals surface area contributed by atoms with Gasteiger partial charge in [0.1, 0.15) is 0 Å². The molecule has 3 heteroatoms. The molecule has 2 nitrogen and oxygen atoms in total. The predicted octanol–water partition coefficient (Wildman–Crippen LogP) is 2.75. The summed E-state index contributed by atoms with van der Waals surface area (Å²) in [6.45, 7) is 2.87. The zero-order valence-electron chi connectivity index (χ0n) is 7.43. The molecule has 0 atom stereocenters. The number of halogens is 1. The molecule has 0 unspecified atom stereocenters. The fourth-order valence-electron chi connectivity index (χ4n) is 1.01. The fourth-order valence-corrected chi connectivity index (χ4v) is 1.26. The summed E-state index contributed by atoms with van der Waals surface area (Å²) in [6, 6.07) is 4.69. The number of rotatable bonds is 2. The van der Waals surface area contributed by atoms with Crippen molar-refractivity contribution >= 4 is 23.2 Å². The lowest BCUT2D eigenvalue weighted by Gasteiger charge is -2.01. The van der Waals surface area contributed by atoms with Crippen molar-refractivity contribution in [3.8, 4) is 0 Å². The average Bonchev–Trinajstić information content (AvgIpc) is 2.04. The van der Waals surface area contributed by atoms with Crippen molar-refractivity contribution in [3.05, 3.63) is 34.3 Å². The number of carbonyl (C=O) groups is 2. The van der Waals surface area contributed by atoms with Crippen LogP contribution in [0.15, 0.2) is 18.2 Å². The van der Waals surface area contributed by atoms with E-state index in [-0.39, 0.29) is 11.6 Å². The molecule has 1 aromatic rings. The van der Waals surface area contributed by atoms with Gasteiger partial charge >= 0.3 is 0 Å². The second-order valence-corrected chi connectivity index (χ2v) is 3.21. The third-order valence-corrected chi connectivity index (χ3v) is 2.08. The Morgan fingerprint density at radius 1 is 1.15 bits per heavy atom. The highest BCUT2D eigenvalue weighted by atomic mass is 35.5. The van der Waals surface area contributed by atoms with E-state index in [9.17, 15) is 9.59 Å². The number of ketones is 2. The molecule has 0 bridgehead atoms. The first-order valence-electron chi connectivity index (χ1n) is 3.84. The molecule has 0 aromatic heterocycles. The highest BCUT2D eigenvalue weighted by Gasteiger charge is 2.08. The first-order valence-corrected chi connectivity index (χ1v) is 4.21. The van der Waals surface area contributed by atoms with Crippen molar-refractivity contribution in [2.24, 2.45) is 0 Å². The number of hydrogen-bond acceptors (Lipinski definition) is 2. The number of Topliss-reactive ketones (excluding diaryl/α,β-unsaturated/α-hetero) is 2. The van der Waals surface area contributed by atoms with Gasteiger partial charge in [-0.1, -0.05) is 11.6 Å². The Hall–Kier alpha value is -1.15. The lowest BCUT2D eigenvalue weighted by molar-refractivity contribution is 0.101. The smallest absolute Gasteiger partial charge is 0.161 e. The van der Waals surface area contributed by atoms with Gasteiger partial charge in [-0.25, -0.2) is 0 Å². The van der Waals surface area contributed by atoms with Crippen LogP contribution in [0.3, 0.4) is 0 Å². The Balaban J connectivity index is 3.27. The normalized spacial score (nSPS) is 9.77. The predicted molar refractivity (Wildman–Crippen MR) is 51.5 cm³/mol.